The smallest absolute Gasteiger partial charge is 0.00972 e. The van der Waals surface area contributed by atoms with Crippen molar-refractivity contribution >= 4 is 0 Å². The molecule has 2 rings (SSSR count). The van der Waals surface area contributed by atoms with Crippen LogP contribution in [0.2, 0.25) is 0 Å². The van der Waals surface area contributed by atoms with Crippen molar-refractivity contribution in [2.45, 2.75) is 46.0 Å². The Bertz CT molecular complexity index is 386. The summed E-state index contributed by atoms with van der Waals surface area (Å²) >= 11 is 0. The van der Waals surface area contributed by atoms with Gasteiger partial charge in [-0.15, -0.1) is 6.58 Å². The van der Waals surface area contributed by atoms with Crippen LogP contribution in [0.1, 0.15) is 41.2 Å². The van der Waals surface area contributed by atoms with Crippen LogP contribution in [0.25, 0.3) is 0 Å². The molecular formula is C15H20. The molecule has 0 spiro atoms. The van der Waals surface area contributed by atoms with Crippen LogP contribution in [0.15, 0.2) is 18.7 Å². The van der Waals surface area contributed by atoms with Crippen LogP contribution in [0, 0.1) is 6.92 Å². The molecule has 0 amide bonds. The van der Waals surface area contributed by atoms with Gasteiger partial charge in [0.15, 0.2) is 0 Å². The first-order valence-corrected chi connectivity index (χ1v) is 6.02. The highest BCUT2D eigenvalue weighted by molar-refractivity contribution is 5.48. The van der Waals surface area contributed by atoms with Gasteiger partial charge in [0, 0.05) is 0 Å². The fraction of sp³-hybridized carbons (Fsp3) is 0.467. The number of allylic oxidation sites excluding steroid dienone is 1. The van der Waals surface area contributed by atoms with E-state index in [4.69, 9.17) is 0 Å². The van der Waals surface area contributed by atoms with E-state index in [-0.39, 0.29) is 0 Å². The van der Waals surface area contributed by atoms with Crippen LogP contribution in [-0.2, 0) is 25.7 Å². The van der Waals surface area contributed by atoms with Crippen LogP contribution in [0.5, 0.6) is 0 Å². The van der Waals surface area contributed by atoms with Crippen LogP contribution in [-0.4, -0.2) is 0 Å². The van der Waals surface area contributed by atoms with Crippen molar-refractivity contribution < 1.29 is 0 Å². The highest BCUT2D eigenvalue weighted by Crippen LogP contribution is 2.30. The largest absolute Gasteiger partial charge is 0.103 e. The molecule has 80 valence electrons. The third-order valence-electron chi connectivity index (χ3n) is 3.62. The lowest BCUT2D eigenvalue weighted by Crippen LogP contribution is -2.00. The van der Waals surface area contributed by atoms with Gasteiger partial charge in [-0.1, -0.05) is 19.1 Å². The van der Waals surface area contributed by atoms with Crippen LogP contribution in [0.3, 0.4) is 0 Å². The monoisotopic (exact) mass is 200 g/mol. The summed E-state index contributed by atoms with van der Waals surface area (Å²) in [4.78, 5) is 0. The van der Waals surface area contributed by atoms with Gasteiger partial charge in [0.1, 0.15) is 0 Å². The minimum atomic E-state index is 1.03. The van der Waals surface area contributed by atoms with E-state index in [1.807, 2.05) is 6.08 Å². The molecule has 1 aliphatic carbocycles. The maximum atomic E-state index is 3.85. The number of hydrogen-bond donors (Lipinski definition) is 0. The van der Waals surface area contributed by atoms with E-state index >= 15 is 0 Å². The molecule has 0 saturated carbocycles. The van der Waals surface area contributed by atoms with Crippen molar-refractivity contribution in [2.24, 2.45) is 0 Å². The van der Waals surface area contributed by atoms with Crippen molar-refractivity contribution in [3.05, 3.63) is 46.5 Å². The predicted octanol–water partition coefficient (Wildman–Crippen LogP) is 3.77. The van der Waals surface area contributed by atoms with Gasteiger partial charge in [0.25, 0.3) is 0 Å². The summed E-state index contributed by atoms with van der Waals surface area (Å²) in [6.45, 7) is 8.42. The third-order valence-corrected chi connectivity index (χ3v) is 3.62. The lowest BCUT2D eigenvalue weighted by molar-refractivity contribution is 0.908. The summed E-state index contributed by atoms with van der Waals surface area (Å²) in [6.07, 6.45) is 8.12. The lowest BCUT2D eigenvalue weighted by Gasteiger charge is -2.14. The number of benzene rings is 1. The SMILES string of the molecule is C=CCc1cc2c(c(C)c1CC)CCC2. The Balaban J connectivity index is 2.55. The molecule has 0 aromatic heterocycles. The van der Waals surface area contributed by atoms with Crippen LogP contribution < -0.4 is 0 Å². The second-order valence-corrected chi connectivity index (χ2v) is 4.48. The first-order valence-electron chi connectivity index (χ1n) is 6.02. The molecule has 0 heterocycles. The van der Waals surface area contributed by atoms with E-state index in [1.165, 1.54) is 24.8 Å². The quantitative estimate of drug-likeness (QED) is 0.651. The first kappa shape index (κ1) is 10.5. The van der Waals surface area contributed by atoms with Crippen molar-refractivity contribution in [1.82, 2.24) is 0 Å². The lowest BCUT2D eigenvalue weighted by atomic mass is 9.91. The molecule has 1 aliphatic rings. The fourth-order valence-electron chi connectivity index (χ4n) is 2.90. The van der Waals surface area contributed by atoms with E-state index in [1.54, 1.807) is 22.3 Å². The highest BCUT2D eigenvalue weighted by Gasteiger charge is 2.17. The Morgan fingerprint density at radius 1 is 1.40 bits per heavy atom. The van der Waals surface area contributed by atoms with E-state index in [2.05, 4.69) is 26.5 Å². The normalized spacial score (nSPS) is 14.0. The predicted molar refractivity (Wildman–Crippen MR) is 66.5 cm³/mol. The molecule has 15 heavy (non-hydrogen) atoms. The number of aryl methyl sites for hydroxylation is 1. The van der Waals surface area contributed by atoms with Gasteiger partial charge in [-0.2, -0.15) is 0 Å². The van der Waals surface area contributed by atoms with Gasteiger partial charge in [0.05, 0.1) is 0 Å². The van der Waals surface area contributed by atoms with Gasteiger partial charge >= 0.3 is 0 Å². The van der Waals surface area contributed by atoms with Crippen molar-refractivity contribution in [3.8, 4) is 0 Å². The van der Waals surface area contributed by atoms with E-state index in [0.29, 0.717) is 0 Å². The Hall–Kier alpha value is -1.04. The van der Waals surface area contributed by atoms with Crippen LogP contribution >= 0.6 is 0 Å². The highest BCUT2D eigenvalue weighted by atomic mass is 14.2. The maximum absolute atomic E-state index is 3.85. The molecule has 0 heteroatoms. The molecule has 1 aromatic rings. The average molecular weight is 200 g/mol. The van der Waals surface area contributed by atoms with Gasteiger partial charge in [-0.25, -0.2) is 0 Å². The molecule has 0 N–H and O–H groups in total. The molecule has 0 bridgehead atoms. The van der Waals surface area contributed by atoms with Crippen molar-refractivity contribution in [1.29, 1.82) is 0 Å². The summed E-state index contributed by atoms with van der Waals surface area (Å²) in [5, 5.41) is 0. The molecule has 0 unspecified atom stereocenters. The Morgan fingerprint density at radius 3 is 2.87 bits per heavy atom. The van der Waals surface area contributed by atoms with E-state index in [9.17, 15) is 0 Å². The first-order chi connectivity index (χ1) is 7.27. The van der Waals surface area contributed by atoms with Crippen molar-refractivity contribution in [3.63, 3.8) is 0 Å². The summed E-state index contributed by atoms with van der Waals surface area (Å²) in [6, 6.07) is 2.43. The Kier molecular flexibility index (Phi) is 2.95. The molecule has 0 fully saturated rings. The number of hydrogen-bond acceptors (Lipinski definition) is 0. The standard InChI is InChI=1S/C15H20/c1-4-7-12-10-13-8-6-9-15(13)11(3)14(12)5-2/h4,10H,1,5-9H2,2-3H3. The maximum Gasteiger partial charge on any atom is -0.00972 e. The van der Waals surface area contributed by atoms with Gasteiger partial charge in [0.2, 0.25) is 0 Å². The Labute approximate surface area is 93.0 Å². The summed E-state index contributed by atoms with van der Waals surface area (Å²) < 4.78 is 0. The summed E-state index contributed by atoms with van der Waals surface area (Å²) in [5.74, 6) is 0. The zero-order chi connectivity index (χ0) is 10.8. The molecule has 0 nitrogen and oxygen atoms in total. The molecule has 1 aromatic carbocycles. The van der Waals surface area contributed by atoms with Gasteiger partial charge < -0.3 is 0 Å². The molecule has 0 atom stereocenters. The summed E-state index contributed by atoms with van der Waals surface area (Å²) in [7, 11) is 0. The Morgan fingerprint density at radius 2 is 2.20 bits per heavy atom. The minimum absolute atomic E-state index is 1.03. The van der Waals surface area contributed by atoms with Gasteiger partial charge in [-0.05, 0) is 66.8 Å². The molecule has 0 aliphatic heterocycles. The second kappa shape index (κ2) is 4.22. The molecule has 0 radical (unpaired) electrons. The number of rotatable bonds is 3. The topological polar surface area (TPSA) is 0 Å². The molecule has 0 saturated heterocycles. The minimum Gasteiger partial charge on any atom is -0.103 e. The van der Waals surface area contributed by atoms with Crippen molar-refractivity contribution in [2.75, 3.05) is 0 Å². The van der Waals surface area contributed by atoms with Crippen LogP contribution in [0.4, 0.5) is 0 Å². The van der Waals surface area contributed by atoms with E-state index < -0.39 is 0 Å². The third kappa shape index (κ3) is 1.73. The average Bonchev–Trinajstić information content (AvgIpc) is 2.67. The van der Waals surface area contributed by atoms with E-state index in [0.717, 1.165) is 12.8 Å². The zero-order valence-electron chi connectivity index (χ0n) is 9.90. The molecular weight excluding hydrogens is 180 g/mol. The summed E-state index contributed by atoms with van der Waals surface area (Å²) in [5.41, 5.74) is 7.87. The second-order valence-electron chi connectivity index (χ2n) is 4.48. The zero-order valence-corrected chi connectivity index (χ0v) is 9.90. The fourth-order valence-corrected chi connectivity index (χ4v) is 2.90. The number of fused-ring (bicyclic) bond motifs is 1. The van der Waals surface area contributed by atoms with Gasteiger partial charge in [-0.3, -0.25) is 0 Å².